The lowest BCUT2D eigenvalue weighted by Crippen LogP contribution is -2.23. The van der Waals surface area contributed by atoms with Gasteiger partial charge in [0.1, 0.15) is 5.69 Å². The summed E-state index contributed by atoms with van der Waals surface area (Å²) in [5.41, 5.74) is -0.659. The Morgan fingerprint density at radius 3 is 2.67 bits per heavy atom. The van der Waals surface area contributed by atoms with Crippen molar-refractivity contribution in [3.63, 3.8) is 0 Å². The topological polar surface area (TPSA) is 39.2 Å². The van der Waals surface area contributed by atoms with E-state index in [1.165, 1.54) is 12.1 Å². The van der Waals surface area contributed by atoms with Gasteiger partial charge in [0.15, 0.2) is 0 Å². The van der Waals surface area contributed by atoms with E-state index in [4.69, 9.17) is 4.74 Å². The highest BCUT2D eigenvalue weighted by molar-refractivity contribution is 5.98. The Morgan fingerprint density at radius 1 is 1.47 bits per heavy atom. The molecule has 1 aromatic rings. The van der Waals surface area contributed by atoms with Gasteiger partial charge in [0.2, 0.25) is 5.88 Å². The summed E-state index contributed by atoms with van der Waals surface area (Å²) < 4.78 is 40.9. The molecule has 0 aliphatic rings. The fourth-order valence-corrected chi connectivity index (χ4v) is 0.915. The van der Waals surface area contributed by atoms with Crippen molar-refractivity contribution in [1.29, 1.82) is 0 Å². The third kappa shape index (κ3) is 2.93. The Balaban J connectivity index is 2.95. The van der Waals surface area contributed by atoms with E-state index >= 15 is 0 Å². The maximum atomic E-state index is 12.0. The first-order valence-corrected chi connectivity index (χ1v) is 4.16. The number of ketones is 1. The molecule has 6 heteroatoms. The van der Waals surface area contributed by atoms with Crippen molar-refractivity contribution in [3.05, 3.63) is 23.9 Å². The summed E-state index contributed by atoms with van der Waals surface area (Å²) in [7, 11) is 0. The van der Waals surface area contributed by atoms with E-state index in [9.17, 15) is 18.0 Å². The molecule has 0 unspecified atom stereocenters. The van der Waals surface area contributed by atoms with Crippen LogP contribution in [0, 0.1) is 0 Å². The van der Waals surface area contributed by atoms with Crippen LogP contribution in [-0.4, -0.2) is 23.6 Å². The molecule has 82 valence electrons. The monoisotopic (exact) mass is 219 g/mol. The summed E-state index contributed by atoms with van der Waals surface area (Å²) in [5, 5.41) is 0. The minimum atomic E-state index is -4.90. The molecule has 0 spiro atoms. The Labute approximate surface area is 83.9 Å². The predicted octanol–water partition coefficient (Wildman–Crippen LogP) is 2.23. The molecule has 0 fully saturated rings. The summed E-state index contributed by atoms with van der Waals surface area (Å²) in [6, 6.07) is 3.67. The van der Waals surface area contributed by atoms with Gasteiger partial charge in [-0.25, -0.2) is 4.98 Å². The van der Waals surface area contributed by atoms with Crippen LogP contribution in [0.5, 0.6) is 5.88 Å². The van der Waals surface area contributed by atoms with E-state index in [0.29, 0.717) is 0 Å². The van der Waals surface area contributed by atoms with E-state index in [0.717, 1.165) is 6.07 Å². The molecule has 0 atom stereocenters. The number of alkyl halides is 3. The van der Waals surface area contributed by atoms with Crippen LogP contribution in [0.2, 0.25) is 0 Å². The van der Waals surface area contributed by atoms with Crippen molar-refractivity contribution in [2.75, 3.05) is 6.61 Å². The number of Topliss-reactive ketones (excluding diaryl/α,β-unsaturated/α-hetero) is 1. The standard InChI is InChI=1S/C9H8F3NO2/c1-2-15-7-5-3-4-6(13-7)8(14)9(10,11)12/h3-5H,2H2,1H3. The smallest absolute Gasteiger partial charge is 0.456 e. The molecule has 1 rings (SSSR count). The summed E-state index contributed by atoms with van der Waals surface area (Å²) in [5.74, 6) is -1.96. The van der Waals surface area contributed by atoms with E-state index in [-0.39, 0.29) is 12.5 Å². The maximum Gasteiger partial charge on any atom is 0.456 e. The SMILES string of the molecule is CCOc1cccc(C(=O)C(F)(F)F)n1. The molecule has 1 aromatic heterocycles. The van der Waals surface area contributed by atoms with E-state index in [2.05, 4.69) is 4.98 Å². The second-order valence-corrected chi connectivity index (χ2v) is 2.62. The minimum absolute atomic E-state index is 0.00704. The van der Waals surface area contributed by atoms with Crippen molar-refractivity contribution in [3.8, 4) is 5.88 Å². The molecule has 0 N–H and O–H groups in total. The molecule has 0 saturated heterocycles. The fourth-order valence-electron chi connectivity index (χ4n) is 0.915. The van der Waals surface area contributed by atoms with Gasteiger partial charge >= 0.3 is 6.18 Å². The van der Waals surface area contributed by atoms with E-state index in [1.54, 1.807) is 6.92 Å². The Kier molecular flexibility index (Phi) is 3.28. The maximum absolute atomic E-state index is 12.0. The molecular weight excluding hydrogens is 211 g/mol. The number of halogens is 3. The molecular formula is C9H8F3NO2. The number of pyridine rings is 1. The molecule has 0 aliphatic heterocycles. The van der Waals surface area contributed by atoms with Gasteiger partial charge in [0, 0.05) is 6.07 Å². The average Bonchev–Trinajstić information content (AvgIpc) is 2.16. The number of hydrogen-bond acceptors (Lipinski definition) is 3. The highest BCUT2D eigenvalue weighted by Gasteiger charge is 2.40. The molecule has 0 radical (unpaired) electrons. The van der Waals surface area contributed by atoms with Crippen LogP contribution >= 0.6 is 0 Å². The fraction of sp³-hybridized carbons (Fsp3) is 0.333. The largest absolute Gasteiger partial charge is 0.478 e. The number of carbonyl (C=O) groups excluding carboxylic acids is 1. The first-order chi connectivity index (χ1) is 6.95. The van der Waals surface area contributed by atoms with E-state index < -0.39 is 17.7 Å². The van der Waals surface area contributed by atoms with Crippen molar-refractivity contribution < 1.29 is 22.7 Å². The first-order valence-electron chi connectivity index (χ1n) is 4.16. The molecule has 0 saturated carbocycles. The number of hydrogen-bond donors (Lipinski definition) is 0. The van der Waals surface area contributed by atoms with Crippen molar-refractivity contribution in [1.82, 2.24) is 4.98 Å². The third-order valence-corrected chi connectivity index (χ3v) is 1.51. The second-order valence-electron chi connectivity index (χ2n) is 2.62. The predicted molar refractivity (Wildman–Crippen MR) is 45.8 cm³/mol. The molecule has 0 bridgehead atoms. The van der Waals surface area contributed by atoms with Crippen LogP contribution in [0.15, 0.2) is 18.2 Å². The second kappa shape index (κ2) is 4.29. The van der Waals surface area contributed by atoms with Crippen molar-refractivity contribution in [2.45, 2.75) is 13.1 Å². The van der Waals surface area contributed by atoms with Gasteiger partial charge in [-0.2, -0.15) is 13.2 Å². The van der Waals surface area contributed by atoms with Gasteiger partial charge in [-0.15, -0.1) is 0 Å². The van der Waals surface area contributed by atoms with Gasteiger partial charge in [0.25, 0.3) is 5.78 Å². The van der Waals surface area contributed by atoms with Crippen LogP contribution in [-0.2, 0) is 0 Å². The normalized spacial score (nSPS) is 11.2. The van der Waals surface area contributed by atoms with Crippen LogP contribution < -0.4 is 4.74 Å². The Hall–Kier alpha value is -1.59. The lowest BCUT2D eigenvalue weighted by atomic mass is 10.2. The number of rotatable bonds is 3. The van der Waals surface area contributed by atoms with Gasteiger partial charge in [-0.3, -0.25) is 4.79 Å². The van der Waals surface area contributed by atoms with Crippen molar-refractivity contribution >= 4 is 5.78 Å². The van der Waals surface area contributed by atoms with Crippen molar-refractivity contribution in [2.24, 2.45) is 0 Å². The zero-order valence-corrected chi connectivity index (χ0v) is 7.84. The highest BCUT2D eigenvalue weighted by Crippen LogP contribution is 2.21. The van der Waals surface area contributed by atoms with Crippen LogP contribution in [0.3, 0.4) is 0 Å². The molecule has 0 aromatic carbocycles. The van der Waals surface area contributed by atoms with Crippen LogP contribution in [0.25, 0.3) is 0 Å². The molecule has 1 heterocycles. The Bertz CT molecular complexity index is 363. The molecule has 15 heavy (non-hydrogen) atoms. The summed E-state index contributed by atoms with van der Waals surface area (Å²) in [6.45, 7) is 1.94. The van der Waals surface area contributed by atoms with Crippen LogP contribution in [0.1, 0.15) is 17.4 Å². The number of ether oxygens (including phenoxy) is 1. The van der Waals surface area contributed by atoms with Crippen LogP contribution in [0.4, 0.5) is 13.2 Å². The van der Waals surface area contributed by atoms with Gasteiger partial charge < -0.3 is 4.74 Å². The minimum Gasteiger partial charge on any atom is -0.478 e. The van der Waals surface area contributed by atoms with Gasteiger partial charge in [0.05, 0.1) is 6.61 Å². The van der Waals surface area contributed by atoms with Gasteiger partial charge in [-0.1, -0.05) is 6.07 Å². The Morgan fingerprint density at radius 2 is 2.13 bits per heavy atom. The summed E-state index contributed by atoms with van der Waals surface area (Å²) in [6.07, 6.45) is -4.90. The average molecular weight is 219 g/mol. The van der Waals surface area contributed by atoms with Gasteiger partial charge in [-0.05, 0) is 13.0 Å². The number of nitrogens with zero attached hydrogens (tertiary/aromatic N) is 1. The zero-order valence-electron chi connectivity index (χ0n) is 7.84. The first kappa shape index (κ1) is 11.5. The third-order valence-electron chi connectivity index (χ3n) is 1.51. The molecule has 0 amide bonds. The highest BCUT2D eigenvalue weighted by atomic mass is 19.4. The van der Waals surface area contributed by atoms with E-state index in [1.807, 2.05) is 0 Å². The summed E-state index contributed by atoms with van der Waals surface area (Å²) >= 11 is 0. The lowest BCUT2D eigenvalue weighted by Gasteiger charge is -2.06. The molecule has 0 aliphatic carbocycles. The quantitative estimate of drug-likeness (QED) is 0.731. The summed E-state index contributed by atoms with van der Waals surface area (Å²) in [4.78, 5) is 14.2. The zero-order chi connectivity index (χ0) is 11.5. The molecule has 3 nitrogen and oxygen atoms in total. The number of aromatic nitrogens is 1. The lowest BCUT2D eigenvalue weighted by molar-refractivity contribution is -0.0888. The number of carbonyl (C=O) groups is 1.